The second-order valence-electron chi connectivity index (χ2n) is 3.00. The third-order valence-electron chi connectivity index (χ3n) is 1.87. The van der Waals surface area contributed by atoms with Gasteiger partial charge in [0.05, 0.1) is 6.61 Å². The van der Waals surface area contributed by atoms with E-state index in [0.717, 1.165) is 12.8 Å². The van der Waals surface area contributed by atoms with Crippen LogP contribution in [0.4, 0.5) is 0 Å². The largest absolute Gasteiger partial charge is 0.464 e. The van der Waals surface area contributed by atoms with Crippen LogP contribution in [0, 0.1) is 5.92 Å². The van der Waals surface area contributed by atoms with Crippen molar-refractivity contribution >= 4 is 5.97 Å². The number of aliphatic hydroxyl groups is 1. The van der Waals surface area contributed by atoms with Gasteiger partial charge in [-0.3, -0.25) is 0 Å². The van der Waals surface area contributed by atoms with Crippen LogP contribution in [0.1, 0.15) is 33.6 Å². The topological polar surface area (TPSA) is 46.5 Å². The molecule has 2 atom stereocenters. The number of hydrogen-bond acceptors (Lipinski definition) is 3. The molecular weight excluding hydrogens is 156 g/mol. The minimum Gasteiger partial charge on any atom is -0.464 e. The number of carbonyl (C=O) groups is 1. The van der Waals surface area contributed by atoms with Gasteiger partial charge in [0.1, 0.15) is 0 Å². The molecule has 0 aromatic heterocycles. The van der Waals surface area contributed by atoms with Gasteiger partial charge in [-0.25, -0.2) is 4.79 Å². The molecule has 0 spiro atoms. The molecule has 3 nitrogen and oxygen atoms in total. The highest BCUT2D eigenvalue weighted by Crippen LogP contribution is 2.08. The summed E-state index contributed by atoms with van der Waals surface area (Å²) in [5, 5.41) is 9.34. The minimum absolute atomic E-state index is 0.0191. The van der Waals surface area contributed by atoms with Gasteiger partial charge in [-0.15, -0.1) is 0 Å². The lowest BCUT2D eigenvalue weighted by Crippen LogP contribution is -2.29. The molecule has 0 aliphatic rings. The maximum Gasteiger partial charge on any atom is 0.335 e. The lowest BCUT2D eigenvalue weighted by molar-refractivity contribution is -0.156. The van der Waals surface area contributed by atoms with Crippen LogP contribution in [-0.2, 0) is 9.53 Å². The van der Waals surface area contributed by atoms with E-state index in [2.05, 4.69) is 0 Å². The molecule has 2 unspecified atom stereocenters. The summed E-state index contributed by atoms with van der Waals surface area (Å²) in [6.07, 6.45) is 0.614. The van der Waals surface area contributed by atoms with Crippen molar-refractivity contribution < 1.29 is 14.6 Å². The summed E-state index contributed by atoms with van der Waals surface area (Å²) in [6.45, 7) is 6.08. The molecule has 3 heteroatoms. The van der Waals surface area contributed by atoms with Crippen molar-refractivity contribution in [3.8, 4) is 0 Å². The van der Waals surface area contributed by atoms with E-state index in [-0.39, 0.29) is 5.92 Å². The SMILES string of the molecule is CCCOC(=O)C(O)C(C)CC. The Labute approximate surface area is 73.7 Å². The molecule has 0 heterocycles. The number of esters is 1. The maximum absolute atomic E-state index is 11.0. The monoisotopic (exact) mass is 174 g/mol. The Balaban J connectivity index is 3.75. The van der Waals surface area contributed by atoms with Crippen LogP contribution in [0.25, 0.3) is 0 Å². The number of aliphatic hydroxyl groups excluding tert-OH is 1. The summed E-state index contributed by atoms with van der Waals surface area (Å²) in [6, 6.07) is 0. The zero-order chi connectivity index (χ0) is 9.56. The molecule has 0 aliphatic carbocycles. The molecule has 72 valence electrons. The van der Waals surface area contributed by atoms with Gasteiger partial charge in [0.25, 0.3) is 0 Å². The van der Waals surface area contributed by atoms with Crippen LogP contribution >= 0.6 is 0 Å². The number of rotatable bonds is 5. The average Bonchev–Trinajstić information content (AvgIpc) is 2.11. The lowest BCUT2D eigenvalue weighted by Gasteiger charge is -2.15. The summed E-state index contributed by atoms with van der Waals surface area (Å²) in [4.78, 5) is 11.0. The Morgan fingerprint density at radius 1 is 1.50 bits per heavy atom. The lowest BCUT2D eigenvalue weighted by atomic mass is 10.0. The van der Waals surface area contributed by atoms with Gasteiger partial charge in [-0.1, -0.05) is 27.2 Å². The molecule has 0 rings (SSSR count). The van der Waals surface area contributed by atoms with Crippen molar-refractivity contribution in [1.29, 1.82) is 0 Å². The minimum atomic E-state index is -0.957. The highest BCUT2D eigenvalue weighted by atomic mass is 16.5. The molecule has 0 saturated heterocycles. The van der Waals surface area contributed by atoms with Crippen LogP contribution in [-0.4, -0.2) is 23.8 Å². The first-order chi connectivity index (χ1) is 5.63. The fourth-order valence-corrected chi connectivity index (χ4v) is 0.744. The summed E-state index contributed by atoms with van der Waals surface area (Å²) in [5.41, 5.74) is 0. The van der Waals surface area contributed by atoms with E-state index >= 15 is 0 Å². The first-order valence-electron chi connectivity index (χ1n) is 4.48. The van der Waals surface area contributed by atoms with Gasteiger partial charge in [-0.2, -0.15) is 0 Å². The van der Waals surface area contributed by atoms with E-state index in [1.54, 1.807) is 0 Å². The molecule has 0 fully saturated rings. The molecule has 0 amide bonds. The predicted molar refractivity (Wildman–Crippen MR) is 46.7 cm³/mol. The molecule has 0 radical (unpaired) electrons. The van der Waals surface area contributed by atoms with Crippen LogP contribution in [0.5, 0.6) is 0 Å². The molecule has 1 N–H and O–H groups in total. The van der Waals surface area contributed by atoms with Gasteiger partial charge in [0.15, 0.2) is 6.10 Å². The second kappa shape index (κ2) is 6.00. The highest BCUT2D eigenvalue weighted by molar-refractivity contribution is 5.74. The Morgan fingerprint density at radius 2 is 2.08 bits per heavy atom. The van der Waals surface area contributed by atoms with Crippen molar-refractivity contribution in [3.05, 3.63) is 0 Å². The Kier molecular flexibility index (Phi) is 5.72. The summed E-state index contributed by atoms with van der Waals surface area (Å²) in [7, 11) is 0. The summed E-state index contributed by atoms with van der Waals surface area (Å²) in [5.74, 6) is -0.513. The van der Waals surface area contributed by atoms with Crippen molar-refractivity contribution in [2.75, 3.05) is 6.61 Å². The van der Waals surface area contributed by atoms with E-state index in [0.29, 0.717) is 6.61 Å². The number of ether oxygens (including phenoxy) is 1. The van der Waals surface area contributed by atoms with Crippen molar-refractivity contribution in [1.82, 2.24) is 0 Å². The quantitative estimate of drug-likeness (QED) is 0.640. The second-order valence-corrected chi connectivity index (χ2v) is 3.00. The summed E-state index contributed by atoms with van der Waals surface area (Å²) >= 11 is 0. The fraction of sp³-hybridized carbons (Fsp3) is 0.889. The predicted octanol–water partition coefficient (Wildman–Crippen LogP) is 1.35. The number of hydrogen-bond donors (Lipinski definition) is 1. The van der Waals surface area contributed by atoms with E-state index in [4.69, 9.17) is 4.74 Å². The van der Waals surface area contributed by atoms with Crippen LogP contribution in [0.2, 0.25) is 0 Å². The highest BCUT2D eigenvalue weighted by Gasteiger charge is 2.21. The van der Waals surface area contributed by atoms with E-state index in [9.17, 15) is 9.90 Å². The fourth-order valence-electron chi connectivity index (χ4n) is 0.744. The van der Waals surface area contributed by atoms with Gasteiger partial charge in [0.2, 0.25) is 0 Å². The molecule has 0 aliphatic heterocycles. The van der Waals surface area contributed by atoms with Gasteiger partial charge >= 0.3 is 5.97 Å². The Morgan fingerprint density at radius 3 is 2.50 bits per heavy atom. The standard InChI is InChI=1S/C9H18O3/c1-4-6-12-9(11)8(10)7(3)5-2/h7-8,10H,4-6H2,1-3H3. The first-order valence-corrected chi connectivity index (χ1v) is 4.48. The van der Waals surface area contributed by atoms with Gasteiger partial charge in [0, 0.05) is 0 Å². The molecule has 0 bridgehead atoms. The zero-order valence-electron chi connectivity index (χ0n) is 8.04. The van der Waals surface area contributed by atoms with Crippen molar-refractivity contribution in [2.24, 2.45) is 5.92 Å². The molecule has 0 aromatic carbocycles. The summed E-state index contributed by atoms with van der Waals surface area (Å²) < 4.78 is 4.79. The molecule has 0 aromatic rings. The normalized spacial score (nSPS) is 15.3. The molecular formula is C9H18O3. The van der Waals surface area contributed by atoms with Gasteiger partial charge in [-0.05, 0) is 12.3 Å². The third-order valence-corrected chi connectivity index (χ3v) is 1.87. The van der Waals surface area contributed by atoms with E-state index in [1.807, 2.05) is 20.8 Å². The van der Waals surface area contributed by atoms with Crippen LogP contribution in [0.15, 0.2) is 0 Å². The van der Waals surface area contributed by atoms with Gasteiger partial charge < -0.3 is 9.84 Å². The molecule has 0 saturated carbocycles. The average molecular weight is 174 g/mol. The Bertz CT molecular complexity index is 134. The van der Waals surface area contributed by atoms with E-state index in [1.165, 1.54) is 0 Å². The van der Waals surface area contributed by atoms with Crippen LogP contribution < -0.4 is 0 Å². The van der Waals surface area contributed by atoms with Crippen LogP contribution in [0.3, 0.4) is 0 Å². The maximum atomic E-state index is 11.0. The van der Waals surface area contributed by atoms with E-state index < -0.39 is 12.1 Å². The number of carbonyl (C=O) groups excluding carboxylic acids is 1. The van der Waals surface area contributed by atoms with Crippen molar-refractivity contribution in [2.45, 2.75) is 39.7 Å². The zero-order valence-corrected chi connectivity index (χ0v) is 8.04. The molecule has 12 heavy (non-hydrogen) atoms. The third kappa shape index (κ3) is 3.72. The smallest absolute Gasteiger partial charge is 0.335 e. The first kappa shape index (κ1) is 11.4. The van der Waals surface area contributed by atoms with Crippen molar-refractivity contribution in [3.63, 3.8) is 0 Å². The Hall–Kier alpha value is -0.570.